The Balaban J connectivity index is 2.21. The molecule has 1 heterocycles. The number of halogens is 1. The van der Waals surface area contributed by atoms with Gasteiger partial charge >= 0.3 is 6.03 Å². The summed E-state index contributed by atoms with van der Waals surface area (Å²) in [5.74, 6) is 0.444. The first-order valence-corrected chi connectivity index (χ1v) is 7.44. The Hall–Kier alpha value is -0.970. The number of urea groups is 1. The molecular formula is C13H22ClN3O2. The minimum absolute atomic E-state index is 0.123. The molecule has 3 atom stereocenters. The highest BCUT2D eigenvalue weighted by Gasteiger charge is 2.48. The summed E-state index contributed by atoms with van der Waals surface area (Å²) in [6.07, 6.45) is 3.69. The van der Waals surface area contributed by atoms with Gasteiger partial charge in [-0.2, -0.15) is 0 Å². The van der Waals surface area contributed by atoms with Crippen LogP contribution in [0.1, 0.15) is 32.6 Å². The summed E-state index contributed by atoms with van der Waals surface area (Å²) < 4.78 is 0. The van der Waals surface area contributed by atoms with Gasteiger partial charge in [-0.1, -0.05) is 6.42 Å². The van der Waals surface area contributed by atoms with Crippen LogP contribution in [-0.4, -0.2) is 41.8 Å². The summed E-state index contributed by atoms with van der Waals surface area (Å²) in [6.45, 7) is 3.12. The second-order valence-corrected chi connectivity index (χ2v) is 6.20. The summed E-state index contributed by atoms with van der Waals surface area (Å²) in [7, 11) is 0. The molecule has 6 heteroatoms. The van der Waals surface area contributed by atoms with Gasteiger partial charge in [0.15, 0.2) is 0 Å². The SMILES string of the molecule is C[C@]1(C(N)=O)CCCC2CCN(CCCl)C(=O)NC21. The van der Waals surface area contributed by atoms with Gasteiger partial charge in [0.2, 0.25) is 5.91 Å². The molecule has 0 aromatic carbocycles. The average molecular weight is 288 g/mol. The monoisotopic (exact) mass is 287 g/mol. The Morgan fingerprint density at radius 3 is 2.95 bits per heavy atom. The van der Waals surface area contributed by atoms with Gasteiger partial charge in [0.25, 0.3) is 0 Å². The van der Waals surface area contributed by atoms with Crippen LogP contribution in [0, 0.1) is 11.3 Å². The molecule has 0 spiro atoms. The molecule has 1 aliphatic carbocycles. The Bertz CT molecular complexity index is 377. The molecule has 2 unspecified atom stereocenters. The van der Waals surface area contributed by atoms with E-state index in [-0.39, 0.29) is 18.0 Å². The third-order valence-corrected chi connectivity index (χ3v) is 4.85. The van der Waals surface area contributed by atoms with Crippen molar-refractivity contribution in [3.8, 4) is 0 Å². The molecular weight excluding hydrogens is 266 g/mol. The van der Waals surface area contributed by atoms with E-state index in [2.05, 4.69) is 5.32 Å². The van der Waals surface area contributed by atoms with Crippen LogP contribution in [0.15, 0.2) is 0 Å². The zero-order chi connectivity index (χ0) is 14.0. The Labute approximate surface area is 118 Å². The lowest BCUT2D eigenvalue weighted by molar-refractivity contribution is -0.131. The van der Waals surface area contributed by atoms with Crippen LogP contribution in [0.5, 0.6) is 0 Å². The molecule has 108 valence electrons. The number of primary amides is 1. The van der Waals surface area contributed by atoms with Gasteiger partial charge in [0.05, 0.1) is 5.41 Å². The Kier molecular flexibility index (Phi) is 4.23. The van der Waals surface area contributed by atoms with E-state index in [1.807, 2.05) is 6.92 Å². The van der Waals surface area contributed by atoms with Gasteiger partial charge in [-0.15, -0.1) is 11.6 Å². The van der Waals surface area contributed by atoms with Crippen LogP contribution in [0.2, 0.25) is 0 Å². The van der Waals surface area contributed by atoms with E-state index in [1.165, 1.54) is 0 Å². The van der Waals surface area contributed by atoms with E-state index in [9.17, 15) is 9.59 Å². The van der Waals surface area contributed by atoms with Gasteiger partial charge in [-0.25, -0.2) is 4.79 Å². The largest absolute Gasteiger partial charge is 0.369 e. The Morgan fingerprint density at radius 2 is 2.32 bits per heavy atom. The maximum Gasteiger partial charge on any atom is 0.317 e. The number of alkyl halides is 1. The topological polar surface area (TPSA) is 75.4 Å². The van der Waals surface area contributed by atoms with Crippen molar-refractivity contribution in [2.24, 2.45) is 17.1 Å². The van der Waals surface area contributed by atoms with Gasteiger partial charge in [0, 0.05) is 25.0 Å². The molecule has 1 saturated carbocycles. The van der Waals surface area contributed by atoms with Crippen LogP contribution in [-0.2, 0) is 4.79 Å². The number of hydrogen-bond donors (Lipinski definition) is 2. The van der Waals surface area contributed by atoms with Gasteiger partial charge in [-0.3, -0.25) is 4.79 Å². The summed E-state index contributed by atoms with van der Waals surface area (Å²) in [4.78, 5) is 25.7. The minimum atomic E-state index is -0.629. The van der Waals surface area contributed by atoms with E-state index >= 15 is 0 Å². The van der Waals surface area contributed by atoms with E-state index in [0.29, 0.717) is 24.9 Å². The second-order valence-electron chi connectivity index (χ2n) is 5.83. The van der Waals surface area contributed by atoms with E-state index in [4.69, 9.17) is 17.3 Å². The van der Waals surface area contributed by atoms with Crippen molar-refractivity contribution in [2.45, 2.75) is 38.6 Å². The third kappa shape index (κ3) is 2.66. The molecule has 0 aromatic rings. The number of carbonyl (C=O) groups excluding carboxylic acids is 2. The normalized spacial score (nSPS) is 35.3. The number of nitrogens with zero attached hydrogens (tertiary/aromatic N) is 1. The number of rotatable bonds is 3. The fourth-order valence-electron chi connectivity index (χ4n) is 3.40. The van der Waals surface area contributed by atoms with Crippen LogP contribution in [0.4, 0.5) is 4.79 Å². The zero-order valence-electron chi connectivity index (χ0n) is 11.3. The summed E-state index contributed by atoms with van der Waals surface area (Å²) >= 11 is 5.72. The maximum absolute atomic E-state index is 12.2. The lowest BCUT2D eigenvalue weighted by Gasteiger charge is -2.43. The maximum atomic E-state index is 12.2. The highest BCUT2D eigenvalue weighted by Crippen LogP contribution is 2.41. The third-order valence-electron chi connectivity index (χ3n) is 4.68. The first-order chi connectivity index (χ1) is 8.99. The van der Waals surface area contributed by atoms with Gasteiger partial charge < -0.3 is 16.0 Å². The highest BCUT2D eigenvalue weighted by atomic mass is 35.5. The molecule has 2 rings (SSSR count). The first kappa shape index (κ1) is 14.4. The van der Waals surface area contributed by atoms with Crippen molar-refractivity contribution >= 4 is 23.5 Å². The number of nitrogens with two attached hydrogens (primary N) is 1. The van der Waals surface area contributed by atoms with Gasteiger partial charge in [0.1, 0.15) is 0 Å². The molecule has 3 N–H and O–H groups in total. The molecule has 0 radical (unpaired) electrons. The first-order valence-electron chi connectivity index (χ1n) is 6.90. The predicted octanol–water partition coefficient (Wildman–Crippen LogP) is 1.30. The molecule has 2 fully saturated rings. The van der Waals surface area contributed by atoms with Crippen molar-refractivity contribution in [1.82, 2.24) is 10.2 Å². The minimum Gasteiger partial charge on any atom is -0.369 e. The quantitative estimate of drug-likeness (QED) is 0.768. The fraction of sp³-hybridized carbons (Fsp3) is 0.846. The number of nitrogens with one attached hydrogen (secondary N) is 1. The summed E-state index contributed by atoms with van der Waals surface area (Å²) in [5, 5.41) is 3.02. The molecule has 1 aliphatic heterocycles. The van der Waals surface area contributed by atoms with Crippen molar-refractivity contribution in [1.29, 1.82) is 0 Å². The molecule has 1 saturated heterocycles. The molecule has 0 bridgehead atoms. The van der Waals surface area contributed by atoms with Crippen LogP contribution in [0.3, 0.4) is 0 Å². The van der Waals surface area contributed by atoms with E-state index in [1.54, 1.807) is 4.90 Å². The highest BCUT2D eigenvalue weighted by molar-refractivity contribution is 6.18. The van der Waals surface area contributed by atoms with Crippen molar-refractivity contribution < 1.29 is 9.59 Å². The summed E-state index contributed by atoms with van der Waals surface area (Å²) in [6, 6.07) is -0.269. The Morgan fingerprint density at radius 1 is 1.58 bits per heavy atom. The van der Waals surface area contributed by atoms with E-state index < -0.39 is 5.41 Å². The number of amides is 3. The van der Waals surface area contributed by atoms with Crippen LogP contribution >= 0.6 is 11.6 Å². The molecule has 5 nitrogen and oxygen atoms in total. The number of hydrogen-bond acceptors (Lipinski definition) is 2. The van der Waals surface area contributed by atoms with Crippen molar-refractivity contribution in [3.63, 3.8) is 0 Å². The number of carbonyl (C=O) groups is 2. The van der Waals surface area contributed by atoms with E-state index in [0.717, 1.165) is 25.7 Å². The lowest BCUT2D eigenvalue weighted by atomic mass is 9.65. The van der Waals surface area contributed by atoms with Crippen molar-refractivity contribution in [2.75, 3.05) is 19.0 Å². The van der Waals surface area contributed by atoms with Gasteiger partial charge in [-0.05, 0) is 32.1 Å². The van der Waals surface area contributed by atoms with Crippen LogP contribution in [0.25, 0.3) is 0 Å². The molecule has 0 aromatic heterocycles. The standard InChI is InChI=1S/C13H22ClN3O2/c1-13(11(15)18)5-2-3-9-4-7-17(8-6-14)12(19)16-10(9)13/h9-10H,2-8H2,1H3,(H2,15,18)(H,16,19)/t9?,10?,13-/m0/s1. The lowest BCUT2D eigenvalue weighted by Crippen LogP contribution is -2.58. The number of fused-ring (bicyclic) bond motifs is 1. The predicted molar refractivity (Wildman–Crippen MR) is 73.9 cm³/mol. The molecule has 2 aliphatic rings. The average Bonchev–Trinajstić information content (AvgIpc) is 2.52. The molecule has 3 amide bonds. The zero-order valence-corrected chi connectivity index (χ0v) is 12.1. The van der Waals surface area contributed by atoms with Crippen molar-refractivity contribution in [3.05, 3.63) is 0 Å². The fourth-order valence-corrected chi connectivity index (χ4v) is 3.61. The summed E-state index contributed by atoms with van der Waals surface area (Å²) in [5.41, 5.74) is 4.94. The molecule has 19 heavy (non-hydrogen) atoms. The van der Waals surface area contributed by atoms with Crippen LogP contribution < -0.4 is 11.1 Å². The second kappa shape index (κ2) is 5.57. The smallest absolute Gasteiger partial charge is 0.317 e.